The van der Waals surface area contributed by atoms with Gasteiger partial charge in [-0.3, -0.25) is 9.52 Å². The van der Waals surface area contributed by atoms with E-state index in [4.69, 9.17) is 10.2 Å². The fraction of sp³-hybridized carbons (Fsp3) is 0.154. The van der Waals surface area contributed by atoms with Gasteiger partial charge >= 0.3 is 0 Å². The van der Waals surface area contributed by atoms with E-state index in [0.717, 1.165) is 24.3 Å². The summed E-state index contributed by atoms with van der Waals surface area (Å²) in [4.78, 5) is 10.8. The van der Waals surface area contributed by atoms with Gasteiger partial charge in [0.1, 0.15) is 11.2 Å². The van der Waals surface area contributed by atoms with Crippen LogP contribution >= 0.6 is 0 Å². The Morgan fingerprint density at radius 1 is 1.35 bits per heavy atom. The molecule has 3 N–H and O–H groups in total. The van der Waals surface area contributed by atoms with Crippen molar-refractivity contribution in [3.05, 3.63) is 47.9 Å². The van der Waals surface area contributed by atoms with Crippen LogP contribution in [0.1, 0.15) is 23.0 Å². The maximum Gasteiger partial charge on any atom is 0.284 e. The number of anilines is 1. The van der Waals surface area contributed by atoms with Gasteiger partial charge in [-0.25, -0.2) is 8.42 Å². The molecule has 0 atom stereocenters. The highest BCUT2D eigenvalue weighted by atomic mass is 32.2. The van der Waals surface area contributed by atoms with Crippen molar-refractivity contribution in [2.75, 3.05) is 4.72 Å². The van der Waals surface area contributed by atoms with Crippen LogP contribution in [-0.4, -0.2) is 14.3 Å². The van der Waals surface area contributed by atoms with E-state index in [1.807, 2.05) is 13.0 Å². The molecule has 0 bridgehead atoms. The van der Waals surface area contributed by atoms with Gasteiger partial charge in [-0.05, 0) is 24.1 Å². The Hall–Kier alpha value is -2.28. The van der Waals surface area contributed by atoms with Crippen molar-refractivity contribution < 1.29 is 17.6 Å². The van der Waals surface area contributed by atoms with Crippen LogP contribution in [0.4, 0.5) is 5.69 Å². The molecule has 20 heavy (non-hydrogen) atoms. The van der Waals surface area contributed by atoms with E-state index >= 15 is 0 Å². The molecule has 0 radical (unpaired) electrons. The van der Waals surface area contributed by atoms with E-state index in [9.17, 15) is 13.2 Å². The minimum Gasteiger partial charge on any atom is -0.458 e. The van der Waals surface area contributed by atoms with Crippen molar-refractivity contribution in [2.24, 2.45) is 5.73 Å². The summed E-state index contributed by atoms with van der Waals surface area (Å²) in [7, 11) is -3.80. The normalized spacial score (nSPS) is 11.2. The van der Waals surface area contributed by atoms with Crippen LogP contribution in [0.5, 0.6) is 0 Å². The number of benzene rings is 1. The summed E-state index contributed by atoms with van der Waals surface area (Å²) in [5.74, 6) is -1.02. The highest BCUT2D eigenvalue weighted by Crippen LogP contribution is 2.19. The molecule has 6 nitrogen and oxygen atoms in total. The summed E-state index contributed by atoms with van der Waals surface area (Å²) < 4.78 is 31.5. The Kier molecular flexibility index (Phi) is 3.80. The first-order valence-electron chi connectivity index (χ1n) is 5.92. The minimum atomic E-state index is -3.80. The molecule has 0 saturated carbocycles. The number of hydrogen-bond acceptors (Lipinski definition) is 4. The van der Waals surface area contributed by atoms with Crippen molar-refractivity contribution in [1.82, 2.24) is 0 Å². The molecular weight excluding hydrogens is 280 g/mol. The topological polar surface area (TPSA) is 102 Å². The lowest BCUT2D eigenvalue weighted by Crippen LogP contribution is -2.13. The molecule has 2 aromatic rings. The summed E-state index contributed by atoms with van der Waals surface area (Å²) in [6, 6.07) is 8.15. The van der Waals surface area contributed by atoms with Crippen molar-refractivity contribution in [1.29, 1.82) is 0 Å². The number of sulfonamides is 1. The number of rotatable bonds is 5. The predicted molar refractivity (Wildman–Crippen MR) is 73.9 cm³/mol. The van der Waals surface area contributed by atoms with Gasteiger partial charge in [-0.1, -0.05) is 19.1 Å². The zero-order valence-corrected chi connectivity index (χ0v) is 11.6. The van der Waals surface area contributed by atoms with Gasteiger partial charge in [0.2, 0.25) is 0 Å². The third-order valence-electron chi connectivity index (χ3n) is 2.72. The van der Waals surface area contributed by atoms with Gasteiger partial charge in [0, 0.05) is 11.8 Å². The maximum atomic E-state index is 12.1. The molecule has 0 spiro atoms. The summed E-state index contributed by atoms with van der Waals surface area (Å²) in [5.41, 5.74) is 6.47. The molecule has 0 fully saturated rings. The maximum absolute atomic E-state index is 12.1. The van der Waals surface area contributed by atoms with Gasteiger partial charge in [-0.15, -0.1) is 0 Å². The van der Waals surface area contributed by atoms with Crippen molar-refractivity contribution in [2.45, 2.75) is 18.2 Å². The molecule has 7 heteroatoms. The summed E-state index contributed by atoms with van der Waals surface area (Å²) >= 11 is 0. The highest BCUT2D eigenvalue weighted by Gasteiger charge is 2.19. The predicted octanol–water partition coefficient (Wildman–Crippen LogP) is 1.74. The van der Waals surface area contributed by atoms with Crippen molar-refractivity contribution in [3.8, 4) is 0 Å². The molecule has 1 heterocycles. The first-order chi connectivity index (χ1) is 9.42. The number of aryl methyl sites for hydroxylation is 1. The fourth-order valence-electron chi connectivity index (χ4n) is 1.66. The average molecular weight is 294 g/mol. The summed E-state index contributed by atoms with van der Waals surface area (Å²) in [6.07, 6.45) is 1.78. The molecule has 1 aromatic carbocycles. The van der Waals surface area contributed by atoms with Crippen LogP contribution in [-0.2, 0) is 16.4 Å². The van der Waals surface area contributed by atoms with Gasteiger partial charge in [0.25, 0.3) is 15.9 Å². The van der Waals surface area contributed by atoms with E-state index in [0.29, 0.717) is 5.69 Å². The molecule has 1 amide bonds. The van der Waals surface area contributed by atoms with E-state index in [2.05, 4.69) is 4.72 Å². The Morgan fingerprint density at radius 3 is 2.70 bits per heavy atom. The van der Waals surface area contributed by atoms with Crippen LogP contribution in [0.3, 0.4) is 0 Å². The van der Waals surface area contributed by atoms with Crippen molar-refractivity contribution in [3.63, 3.8) is 0 Å². The largest absolute Gasteiger partial charge is 0.458 e. The van der Waals surface area contributed by atoms with E-state index in [-0.39, 0.29) is 10.7 Å². The number of carbonyl (C=O) groups is 1. The molecule has 0 aliphatic carbocycles. The smallest absolute Gasteiger partial charge is 0.284 e. The molecule has 1 aromatic heterocycles. The standard InChI is InChI=1S/C13H14N2O4S/c1-2-9-4-3-5-10(6-9)15-20(17,18)11-7-12(13(14)16)19-8-11/h3-8,15H,2H2,1H3,(H2,14,16). The average Bonchev–Trinajstić information content (AvgIpc) is 2.89. The minimum absolute atomic E-state index is 0.145. The Bertz CT molecular complexity index is 734. The van der Waals surface area contributed by atoms with Crippen LogP contribution in [0.2, 0.25) is 0 Å². The molecule has 2 rings (SSSR count). The van der Waals surface area contributed by atoms with Gasteiger partial charge in [-0.2, -0.15) is 0 Å². The second-order valence-electron chi connectivity index (χ2n) is 4.17. The fourth-order valence-corrected chi connectivity index (χ4v) is 2.65. The van der Waals surface area contributed by atoms with Gasteiger partial charge in [0.05, 0.1) is 0 Å². The Morgan fingerprint density at radius 2 is 2.10 bits per heavy atom. The SMILES string of the molecule is CCc1cccc(NS(=O)(=O)c2coc(C(N)=O)c2)c1. The van der Waals surface area contributed by atoms with E-state index < -0.39 is 15.9 Å². The molecule has 106 valence electrons. The highest BCUT2D eigenvalue weighted by molar-refractivity contribution is 7.92. The lowest BCUT2D eigenvalue weighted by Gasteiger charge is -2.07. The zero-order valence-electron chi connectivity index (χ0n) is 10.8. The number of nitrogens with two attached hydrogens (primary N) is 1. The second-order valence-corrected chi connectivity index (χ2v) is 5.85. The Balaban J connectivity index is 2.27. The number of amides is 1. The number of hydrogen-bond donors (Lipinski definition) is 2. The second kappa shape index (κ2) is 5.38. The van der Waals surface area contributed by atoms with Gasteiger partial charge in [0.15, 0.2) is 5.76 Å². The lowest BCUT2D eigenvalue weighted by atomic mass is 10.1. The zero-order chi connectivity index (χ0) is 14.8. The van der Waals surface area contributed by atoms with Crippen molar-refractivity contribution >= 4 is 21.6 Å². The quantitative estimate of drug-likeness (QED) is 0.876. The lowest BCUT2D eigenvalue weighted by molar-refractivity contribution is 0.0974. The third-order valence-corrected chi connectivity index (χ3v) is 4.06. The monoisotopic (exact) mass is 294 g/mol. The molecule has 0 saturated heterocycles. The van der Waals surface area contributed by atoms with Crippen LogP contribution in [0, 0.1) is 0 Å². The van der Waals surface area contributed by atoms with E-state index in [1.54, 1.807) is 18.2 Å². The molecule has 0 aliphatic heterocycles. The number of carbonyl (C=O) groups excluding carboxylic acids is 1. The van der Waals surface area contributed by atoms with Crippen LogP contribution in [0.25, 0.3) is 0 Å². The third kappa shape index (κ3) is 3.00. The van der Waals surface area contributed by atoms with Gasteiger partial charge < -0.3 is 10.2 Å². The number of furan rings is 1. The first kappa shape index (κ1) is 14.1. The Labute approximate surface area is 116 Å². The number of primary amides is 1. The first-order valence-corrected chi connectivity index (χ1v) is 7.41. The summed E-state index contributed by atoms with van der Waals surface area (Å²) in [6.45, 7) is 1.98. The molecule has 0 aliphatic rings. The number of nitrogens with one attached hydrogen (secondary N) is 1. The molecular formula is C13H14N2O4S. The summed E-state index contributed by atoms with van der Waals surface area (Å²) in [5, 5.41) is 0. The van der Waals surface area contributed by atoms with E-state index in [1.165, 1.54) is 0 Å². The molecule has 0 unspecified atom stereocenters. The van der Waals surface area contributed by atoms with Crippen LogP contribution < -0.4 is 10.5 Å². The van der Waals surface area contributed by atoms with Crippen LogP contribution in [0.15, 0.2) is 45.9 Å².